The largest absolute Gasteiger partial charge is 0.492 e. The van der Waals surface area contributed by atoms with E-state index in [1.165, 1.54) is 0 Å². The van der Waals surface area contributed by atoms with Crippen LogP contribution in [0.4, 0.5) is 0 Å². The number of aliphatic hydroxyl groups is 1. The second-order valence-electron chi connectivity index (χ2n) is 4.33. The Kier molecular flexibility index (Phi) is 4.52. The fourth-order valence-electron chi connectivity index (χ4n) is 1.42. The summed E-state index contributed by atoms with van der Waals surface area (Å²) in [6.45, 7) is 5.55. The van der Waals surface area contributed by atoms with E-state index in [1.54, 1.807) is 19.9 Å². The summed E-state index contributed by atoms with van der Waals surface area (Å²) in [6.07, 6.45) is -0.603. The Morgan fingerprint density at radius 3 is 2.65 bits per heavy atom. The molecular weight excluding hydrogens is 218 g/mol. The van der Waals surface area contributed by atoms with Crippen molar-refractivity contribution in [2.24, 2.45) is 11.7 Å². The first-order chi connectivity index (χ1) is 7.91. The first kappa shape index (κ1) is 13.5. The molecule has 17 heavy (non-hydrogen) atoms. The SMILES string of the molecule is Cc1ccc(OCC(C)C(N)=O)c([C@@H](C)O)c1. The second kappa shape index (κ2) is 5.68. The van der Waals surface area contributed by atoms with Crippen molar-refractivity contribution in [2.45, 2.75) is 26.9 Å². The van der Waals surface area contributed by atoms with E-state index < -0.39 is 12.0 Å². The highest BCUT2D eigenvalue weighted by molar-refractivity contribution is 5.76. The third kappa shape index (κ3) is 3.75. The maximum atomic E-state index is 10.9. The number of primary amides is 1. The Hall–Kier alpha value is -1.55. The molecule has 0 aliphatic rings. The Balaban J connectivity index is 2.80. The van der Waals surface area contributed by atoms with Gasteiger partial charge >= 0.3 is 0 Å². The van der Waals surface area contributed by atoms with Crippen LogP contribution in [0.15, 0.2) is 18.2 Å². The summed E-state index contributed by atoms with van der Waals surface area (Å²) in [4.78, 5) is 10.9. The fourth-order valence-corrected chi connectivity index (χ4v) is 1.42. The van der Waals surface area contributed by atoms with E-state index in [0.717, 1.165) is 11.1 Å². The average Bonchev–Trinajstić information content (AvgIpc) is 2.26. The molecule has 94 valence electrons. The van der Waals surface area contributed by atoms with Crippen LogP contribution >= 0.6 is 0 Å². The van der Waals surface area contributed by atoms with E-state index >= 15 is 0 Å². The maximum absolute atomic E-state index is 10.9. The third-order valence-corrected chi connectivity index (χ3v) is 2.59. The lowest BCUT2D eigenvalue weighted by Gasteiger charge is -2.15. The monoisotopic (exact) mass is 237 g/mol. The summed E-state index contributed by atoms with van der Waals surface area (Å²) in [7, 11) is 0. The molecule has 2 atom stereocenters. The fraction of sp³-hybridized carbons (Fsp3) is 0.462. The summed E-state index contributed by atoms with van der Waals surface area (Å²) in [5.74, 6) is -0.146. The van der Waals surface area contributed by atoms with Crippen molar-refractivity contribution in [3.63, 3.8) is 0 Å². The van der Waals surface area contributed by atoms with E-state index in [4.69, 9.17) is 10.5 Å². The average molecular weight is 237 g/mol. The molecule has 0 heterocycles. The summed E-state index contributed by atoms with van der Waals surface area (Å²) in [6, 6.07) is 5.57. The Morgan fingerprint density at radius 2 is 2.12 bits per heavy atom. The van der Waals surface area contributed by atoms with Crippen LogP contribution < -0.4 is 10.5 Å². The molecule has 1 amide bonds. The van der Waals surface area contributed by atoms with Gasteiger partial charge in [0, 0.05) is 5.56 Å². The van der Waals surface area contributed by atoms with Crippen molar-refractivity contribution in [3.8, 4) is 5.75 Å². The highest BCUT2D eigenvalue weighted by Gasteiger charge is 2.13. The molecule has 0 radical (unpaired) electrons. The zero-order valence-corrected chi connectivity index (χ0v) is 10.4. The van der Waals surface area contributed by atoms with E-state index in [9.17, 15) is 9.90 Å². The van der Waals surface area contributed by atoms with Gasteiger partial charge in [-0.05, 0) is 26.0 Å². The van der Waals surface area contributed by atoms with Gasteiger partial charge in [0.1, 0.15) is 5.75 Å². The van der Waals surface area contributed by atoms with Crippen LogP contribution in [0.2, 0.25) is 0 Å². The molecule has 0 spiro atoms. The number of amides is 1. The number of aliphatic hydroxyl groups excluding tert-OH is 1. The predicted molar refractivity (Wildman–Crippen MR) is 65.7 cm³/mol. The highest BCUT2D eigenvalue weighted by atomic mass is 16.5. The summed E-state index contributed by atoms with van der Waals surface area (Å²) in [5, 5.41) is 9.63. The zero-order valence-electron chi connectivity index (χ0n) is 10.4. The molecule has 0 aliphatic carbocycles. The van der Waals surface area contributed by atoms with Gasteiger partial charge in [-0.1, -0.05) is 18.6 Å². The van der Waals surface area contributed by atoms with Crippen LogP contribution in [0.5, 0.6) is 5.75 Å². The molecule has 1 aromatic rings. The van der Waals surface area contributed by atoms with Gasteiger partial charge in [0.15, 0.2) is 0 Å². The quantitative estimate of drug-likeness (QED) is 0.816. The van der Waals surface area contributed by atoms with Crippen LogP contribution in [0.25, 0.3) is 0 Å². The molecule has 4 heteroatoms. The topological polar surface area (TPSA) is 72.5 Å². The van der Waals surface area contributed by atoms with Crippen molar-refractivity contribution >= 4 is 5.91 Å². The lowest BCUT2D eigenvalue weighted by molar-refractivity contribution is -0.122. The molecule has 1 rings (SSSR count). The number of benzene rings is 1. The Labute approximate surface area is 101 Å². The van der Waals surface area contributed by atoms with Gasteiger partial charge in [0.05, 0.1) is 18.6 Å². The van der Waals surface area contributed by atoms with Gasteiger partial charge in [-0.15, -0.1) is 0 Å². The van der Waals surface area contributed by atoms with Crippen LogP contribution in [0.1, 0.15) is 31.1 Å². The Bertz CT molecular complexity index is 402. The molecule has 4 nitrogen and oxygen atoms in total. The summed E-state index contributed by atoms with van der Waals surface area (Å²) in [5.41, 5.74) is 6.93. The van der Waals surface area contributed by atoms with Crippen LogP contribution in [-0.4, -0.2) is 17.6 Å². The lowest BCUT2D eigenvalue weighted by atomic mass is 10.1. The van der Waals surface area contributed by atoms with Gasteiger partial charge in [-0.3, -0.25) is 4.79 Å². The molecule has 0 bridgehead atoms. The molecule has 0 aliphatic heterocycles. The number of hydrogen-bond acceptors (Lipinski definition) is 3. The number of rotatable bonds is 5. The molecule has 0 fully saturated rings. The molecule has 0 saturated carbocycles. The molecule has 1 unspecified atom stereocenters. The lowest BCUT2D eigenvalue weighted by Crippen LogP contribution is -2.26. The molecule has 1 aromatic carbocycles. The number of carbonyl (C=O) groups excluding carboxylic acids is 1. The molecule has 0 aromatic heterocycles. The minimum Gasteiger partial charge on any atom is -0.492 e. The standard InChI is InChI=1S/C13H19NO3/c1-8-4-5-12(11(6-8)10(3)15)17-7-9(2)13(14)16/h4-6,9-10,15H,7H2,1-3H3,(H2,14,16)/t9?,10-/m1/s1. The second-order valence-corrected chi connectivity index (χ2v) is 4.33. The van der Waals surface area contributed by atoms with Crippen LogP contribution in [0, 0.1) is 12.8 Å². The summed E-state index contributed by atoms with van der Waals surface area (Å²) < 4.78 is 5.52. The first-order valence-electron chi connectivity index (χ1n) is 5.62. The van der Waals surface area contributed by atoms with E-state index in [-0.39, 0.29) is 12.5 Å². The van der Waals surface area contributed by atoms with Crippen molar-refractivity contribution in [3.05, 3.63) is 29.3 Å². The minimum atomic E-state index is -0.603. The van der Waals surface area contributed by atoms with Crippen molar-refractivity contribution < 1.29 is 14.6 Å². The van der Waals surface area contributed by atoms with Gasteiger partial charge in [0.25, 0.3) is 0 Å². The molecule has 0 saturated heterocycles. The van der Waals surface area contributed by atoms with Crippen molar-refractivity contribution in [1.82, 2.24) is 0 Å². The van der Waals surface area contributed by atoms with Gasteiger partial charge in [0.2, 0.25) is 5.91 Å². The smallest absolute Gasteiger partial charge is 0.223 e. The van der Waals surface area contributed by atoms with Gasteiger partial charge in [-0.2, -0.15) is 0 Å². The van der Waals surface area contributed by atoms with E-state index in [1.807, 2.05) is 19.1 Å². The van der Waals surface area contributed by atoms with Crippen molar-refractivity contribution in [1.29, 1.82) is 0 Å². The van der Waals surface area contributed by atoms with Crippen LogP contribution in [-0.2, 0) is 4.79 Å². The zero-order chi connectivity index (χ0) is 13.0. The van der Waals surface area contributed by atoms with E-state index in [0.29, 0.717) is 5.75 Å². The normalized spacial score (nSPS) is 14.1. The van der Waals surface area contributed by atoms with Crippen LogP contribution in [0.3, 0.4) is 0 Å². The van der Waals surface area contributed by atoms with E-state index in [2.05, 4.69) is 0 Å². The predicted octanol–water partition coefficient (Wildman–Crippen LogP) is 1.55. The van der Waals surface area contributed by atoms with Gasteiger partial charge < -0.3 is 15.6 Å². The molecular formula is C13H19NO3. The minimum absolute atomic E-state index is 0.220. The maximum Gasteiger partial charge on any atom is 0.223 e. The number of ether oxygens (including phenoxy) is 1. The van der Waals surface area contributed by atoms with Gasteiger partial charge in [-0.25, -0.2) is 0 Å². The van der Waals surface area contributed by atoms with Crippen molar-refractivity contribution in [2.75, 3.05) is 6.61 Å². The number of nitrogens with two attached hydrogens (primary N) is 1. The third-order valence-electron chi connectivity index (χ3n) is 2.59. The summed E-state index contributed by atoms with van der Waals surface area (Å²) >= 11 is 0. The number of aryl methyl sites for hydroxylation is 1. The number of hydrogen-bond donors (Lipinski definition) is 2. The Morgan fingerprint density at radius 1 is 1.47 bits per heavy atom. The molecule has 3 N–H and O–H groups in total. The highest BCUT2D eigenvalue weighted by Crippen LogP contribution is 2.26. The number of carbonyl (C=O) groups is 1. The first-order valence-corrected chi connectivity index (χ1v) is 5.62.